The predicted octanol–water partition coefficient (Wildman–Crippen LogP) is 2.98. The highest BCUT2D eigenvalue weighted by molar-refractivity contribution is 6.31. The van der Waals surface area contributed by atoms with Crippen molar-refractivity contribution >= 4 is 23.6 Å². The number of amides is 2. The van der Waals surface area contributed by atoms with Crippen LogP contribution in [0.15, 0.2) is 6.07 Å². The van der Waals surface area contributed by atoms with Crippen molar-refractivity contribution in [1.29, 1.82) is 0 Å². The predicted molar refractivity (Wildman–Crippen MR) is 95.8 cm³/mol. The summed E-state index contributed by atoms with van der Waals surface area (Å²) in [6, 6.07) is 0.0226. The Bertz CT molecular complexity index is 752. The zero-order chi connectivity index (χ0) is 20.5. The molecule has 6 nitrogen and oxygen atoms in total. The zero-order valence-corrected chi connectivity index (χ0v) is 16.4. The number of carbonyl (C=O) groups excluding carboxylic acids is 2. The van der Waals surface area contributed by atoms with Gasteiger partial charge in [-0.05, 0) is 33.8 Å². The quantitative estimate of drug-likeness (QED) is 0.769. The lowest BCUT2D eigenvalue weighted by atomic mass is 10.1. The number of nitrogens with zero attached hydrogens (tertiary/aromatic N) is 2. The van der Waals surface area contributed by atoms with Crippen LogP contribution in [0.3, 0.4) is 0 Å². The van der Waals surface area contributed by atoms with Crippen LogP contribution >= 0.6 is 11.6 Å². The maximum atomic E-state index is 14.4. The first-order valence-electron chi connectivity index (χ1n) is 8.50. The molecule has 2 rings (SSSR count). The van der Waals surface area contributed by atoms with E-state index in [0.717, 1.165) is 6.07 Å². The first-order valence-corrected chi connectivity index (χ1v) is 8.88. The largest absolute Gasteiger partial charge is 0.444 e. The number of aliphatic hydroxyl groups is 1. The smallest absolute Gasteiger partial charge is 0.410 e. The monoisotopic (exact) mass is 404 g/mol. The number of halogens is 3. The van der Waals surface area contributed by atoms with Crippen LogP contribution in [0.25, 0.3) is 0 Å². The fourth-order valence-corrected chi connectivity index (χ4v) is 2.96. The van der Waals surface area contributed by atoms with Crippen LogP contribution in [0.1, 0.15) is 36.7 Å². The Labute approximate surface area is 161 Å². The van der Waals surface area contributed by atoms with Gasteiger partial charge in [0.1, 0.15) is 11.4 Å². The summed E-state index contributed by atoms with van der Waals surface area (Å²) in [5, 5.41) is 9.19. The van der Waals surface area contributed by atoms with E-state index in [1.807, 2.05) is 0 Å². The zero-order valence-electron chi connectivity index (χ0n) is 15.7. The van der Waals surface area contributed by atoms with Gasteiger partial charge in [0.25, 0.3) is 5.91 Å². The summed E-state index contributed by atoms with van der Waals surface area (Å²) in [5.74, 6) is -2.60. The number of carbonyl (C=O) groups is 2. The Morgan fingerprint density at radius 1 is 1.33 bits per heavy atom. The normalized spacial score (nSPS) is 17.9. The van der Waals surface area contributed by atoms with Crippen molar-refractivity contribution in [3.05, 3.63) is 33.9 Å². The van der Waals surface area contributed by atoms with Crippen molar-refractivity contribution in [3.8, 4) is 0 Å². The fourth-order valence-electron chi connectivity index (χ4n) is 2.77. The minimum Gasteiger partial charge on any atom is -0.444 e. The third-order valence-electron chi connectivity index (χ3n) is 4.22. The summed E-state index contributed by atoms with van der Waals surface area (Å²) in [6.07, 6.45) is -0.566. The van der Waals surface area contributed by atoms with Gasteiger partial charge in [-0.15, -0.1) is 0 Å². The molecule has 1 aromatic carbocycles. The molecule has 0 saturated carbocycles. The molecule has 1 atom stereocenters. The van der Waals surface area contributed by atoms with Gasteiger partial charge in [0.05, 0.1) is 23.2 Å². The molecule has 1 aliphatic heterocycles. The molecule has 0 bridgehead atoms. The van der Waals surface area contributed by atoms with Crippen LogP contribution in [0.2, 0.25) is 5.02 Å². The maximum absolute atomic E-state index is 14.4. The van der Waals surface area contributed by atoms with Gasteiger partial charge in [-0.3, -0.25) is 4.79 Å². The van der Waals surface area contributed by atoms with Gasteiger partial charge >= 0.3 is 6.09 Å². The topological polar surface area (TPSA) is 70.1 Å². The van der Waals surface area contributed by atoms with Gasteiger partial charge in [-0.25, -0.2) is 13.6 Å². The summed E-state index contributed by atoms with van der Waals surface area (Å²) < 4.78 is 33.6. The molecule has 1 heterocycles. The van der Waals surface area contributed by atoms with Crippen LogP contribution in [0, 0.1) is 18.6 Å². The molecule has 0 radical (unpaired) electrons. The molecule has 1 saturated heterocycles. The highest BCUT2D eigenvalue weighted by Gasteiger charge is 2.35. The molecular weight excluding hydrogens is 382 g/mol. The summed E-state index contributed by atoms with van der Waals surface area (Å²) in [7, 11) is 0. The Kier molecular flexibility index (Phi) is 6.32. The van der Waals surface area contributed by atoms with Crippen molar-refractivity contribution < 1.29 is 28.2 Å². The molecule has 1 unspecified atom stereocenters. The standard InChI is InChI=1S/C18H23ClF2N2O4/c1-10-13(20)7-12(15(21)14(10)19)16(25)23-6-5-22(8-11(23)9-24)17(26)27-18(2,3)4/h7,11,24H,5-6,8-9H2,1-4H3. The first kappa shape index (κ1) is 21.4. The summed E-state index contributed by atoms with van der Waals surface area (Å²) >= 11 is 5.76. The van der Waals surface area contributed by atoms with Crippen molar-refractivity contribution in [2.24, 2.45) is 0 Å². The number of benzene rings is 1. The van der Waals surface area contributed by atoms with Crippen LogP contribution in [0.4, 0.5) is 13.6 Å². The minimum atomic E-state index is -1.01. The molecule has 27 heavy (non-hydrogen) atoms. The third-order valence-corrected chi connectivity index (χ3v) is 4.67. The number of aliphatic hydroxyl groups excluding tert-OH is 1. The van der Waals surface area contributed by atoms with Gasteiger partial charge in [0.2, 0.25) is 0 Å². The molecule has 1 fully saturated rings. The molecule has 150 valence electrons. The van der Waals surface area contributed by atoms with Crippen LogP contribution in [-0.2, 0) is 4.74 Å². The highest BCUT2D eigenvalue weighted by atomic mass is 35.5. The second-order valence-electron chi connectivity index (χ2n) is 7.42. The van der Waals surface area contributed by atoms with Crippen molar-refractivity contribution in [2.45, 2.75) is 39.3 Å². The fraction of sp³-hybridized carbons (Fsp3) is 0.556. The number of piperazine rings is 1. The molecule has 9 heteroatoms. The van der Waals surface area contributed by atoms with E-state index in [1.54, 1.807) is 20.8 Å². The molecule has 2 amide bonds. The van der Waals surface area contributed by atoms with E-state index < -0.39 is 52.5 Å². The minimum absolute atomic E-state index is 0.0147. The van der Waals surface area contributed by atoms with E-state index >= 15 is 0 Å². The Balaban J connectivity index is 2.21. The lowest BCUT2D eigenvalue weighted by Gasteiger charge is -2.41. The highest BCUT2D eigenvalue weighted by Crippen LogP contribution is 2.27. The van der Waals surface area contributed by atoms with E-state index in [0.29, 0.717) is 0 Å². The average Bonchev–Trinajstić information content (AvgIpc) is 2.60. The Hall–Kier alpha value is -1.93. The van der Waals surface area contributed by atoms with Gasteiger partial charge in [-0.2, -0.15) is 0 Å². The van der Waals surface area contributed by atoms with Crippen molar-refractivity contribution in [2.75, 3.05) is 26.2 Å². The molecule has 1 N–H and O–H groups in total. The number of hydrogen-bond acceptors (Lipinski definition) is 4. The second kappa shape index (κ2) is 7.98. The molecular formula is C18H23ClF2N2O4. The van der Waals surface area contributed by atoms with Crippen LogP contribution < -0.4 is 0 Å². The third kappa shape index (κ3) is 4.68. The SMILES string of the molecule is Cc1c(F)cc(C(=O)N2CCN(C(=O)OC(C)(C)C)CC2CO)c(F)c1Cl. The molecule has 0 aromatic heterocycles. The lowest BCUT2D eigenvalue weighted by Crippen LogP contribution is -2.58. The number of ether oxygens (including phenoxy) is 1. The van der Waals surface area contributed by atoms with Crippen molar-refractivity contribution in [1.82, 2.24) is 9.80 Å². The molecule has 0 spiro atoms. The first-order chi connectivity index (χ1) is 12.5. The van der Waals surface area contributed by atoms with E-state index in [4.69, 9.17) is 16.3 Å². The summed E-state index contributed by atoms with van der Waals surface area (Å²) in [6.45, 7) is 6.24. The summed E-state index contributed by atoms with van der Waals surface area (Å²) in [5.41, 5.74) is -1.27. The average molecular weight is 405 g/mol. The van der Waals surface area contributed by atoms with Crippen molar-refractivity contribution in [3.63, 3.8) is 0 Å². The molecule has 0 aliphatic carbocycles. The summed E-state index contributed by atoms with van der Waals surface area (Å²) in [4.78, 5) is 27.5. The van der Waals surface area contributed by atoms with Crippen LogP contribution in [0.5, 0.6) is 0 Å². The van der Waals surface area contributed by atoms with Gasteiger partial charge in [-0.1, -0.05) is 11.6 Å². The maximum Gasteiger partial charge on any atom is 0.410 e. The van der Waals surface area contributed by atoms with Gasteiger partial charge < -0.3 is 19.6 Å². The Morgan fingerprint density at radius 3 is 2.52 bits per heavy atom. The Morgan fingerprint density at radius 2 is 1.96 bits per heavy atom. The molecule has 1 aliphatic rings. The van der Waals surface area contributed by atoms with E-state index in [1.165, 1.54) is 16.7 Å². The van der Waals surface area contributed by atoms with Crippen LogP contribution in [-0.4, -0.2) is 64.8 Å². The number of rotatable bonds is 2. The van der Waals surface area contributed by atoms with E-state index in [-0.39, 0.29) is 25.2 Å². The second-order valence-corrected chi connectivity index (χ2v) is 7.80. The number of hydrogen-bond donors (Lipinski definition) is 1. The van der Waals surface area contributed by atoms with Gasteiger partial charge in [0.15, 0.2) is 5.82 Å². The van der Waals surface area contributed by atoms with E-state index in [9.17, 15) is 23.5 Å². The molecule has 1 aromatic rings. The van der Waals surface area contributed by atoms with Gasteiger partial charge in [0, 0.05) is 25.2 Å². The lowest BCUT2D eigenvalue weighted by molar-refractivity contribution is -0.00255. The van der Waals surface area contributed by atoms with E-state index in [2.05, 4.69) is 0 Å².